The number of aromatic nitrogens is 20. The van der Waals surface area contributed by atoms with Crippen LogP contribution in [-0.4, -0.2) is 223 Å². The minimum absolute atomic E-state index is 0. The number of fused-ring (bicyclic) bond motifs is 5. The van der Waals surface area contributed by atoms with E-state index in [9.17, 15) is 33.6 Å². The fraction of sp³-hybridized carbons (Fsp3) is 0.529. The van der Waals surface area contributed by atoms with Gasteiger partial charge in [0, 0.05) is 13.7 Å². The van der Waals surface area contributed by atoms with Crippen molar-refractivity contribution in [2.24, 2.45) is 17.2 Å². The number of anilines is 9. The highest BCUT2D eigenvalue weighted by molar-refractivity contribution is 5.87. The van der Waals surface area contributed by atoms with Crippen molar-refractivity contribution >= 4 is 151 Å². The summed E-state index contributed by atoms with van der Waals surface area (Å²) in [6.07, 6.45) is 3.71. The normalized spacial score (nSPS) is 10.8. The molecule has 118 heavy (non-hydrogen) atoms. The van der Waals surface area contributed by atoms with E-state index in [1.165, 1.54) is 29.9 Å². The van der Waals surface area contributed by atoms with Crippen molar-refractivity contribution in [2.75, 3.05) is 103 Å². The first-order valence-corrected chi connectivity index (χ1v) is 34.9. The highest BCUT2D eigenvalue weighted by Crippen LogP contribution is 2.23. The number of nitrogens with zero attached hydrogens (tertiary/aromatic N) is 17. The van der Waals surface area contributed by atoms with Gasteiger partial charge in [-0.05, 0) is 125 Å². The predicted molar refractivity (Wildman–Crippen MR) is 444 cm³/mol. The molecule has 0 unspecified atom stereocenters. The monoisotopic (exact) mass is 1660 g/mol. The minimum Gasteiger partial charge on any atom is -0.465 e. The molecule has 0 saturated carbocycles. The average molecular weight is 1660 g/mol. The quantitative estimate of drug-likeness (QED) is 0.0198. The number of rotatable bonds is 18. The van der Waals surface area contributed by atoms with Gasteiger partial charge in [0.25, 0.3) is 0 Å². The molecule has 0 aliphatic heterocycles. The summed E-state index contributed by atoms with van der Waals surface area (Å²) in [5, 5.41) is 21.8. The number of alkyl carbamates (subject to hydrolysis) is 3. The molecule has 50 heteroatoms. The standard InChI is InChI=1S/C16H25N7O4.C15H23N7O4.C11H17N7O2.C10H18O5.C6H9N7.C6H7N5.CH6N2.3CH4/c1-6-26-10(24)7-23-9-20-11-12(17-5)21-14(22-13(11)23)18-8-19-15(25)27-16(2,3)4;1-5-25-9(23)6-22-8-19-10-11(16)20-13(21-12(10)22)17-7-18-14(24)26-15(2,3)4;1-11(2,3)20-10(19)16-5-15-9-17-7(12)6-8(18-9)14-4-13-6;1-9(2,3)14-7(11)13-8(12)15-10(4,5)6;7-1-9-6-12-4(8)3-5(13-6)11-2-10-3;1-3-10-5(7)4-6(11-3)9-2-8-4;2-1-3;;;/h9H,6-8H2,1-5H3,(H,19,25)(H2,17,18,21,22);8H,5-7H2,1-4H3,(H,18,24)(H3,16,17,20,21);4H,5H2,1-3H3,(H,16,19)(H4,12,13,14,15,17,18);1-6H3;2H,1,7H2,(H4,8,9,10,11,12,13);2H,1H3,(H3,7,8,9,10,11);1-3H2;3*1H4. The van der Waals surface area contributed by atoms with Crippen LogP contribution in [-0.2, 0) is 60.6 Å². The van der Waals surface area contributed by atoms with E-state index in [2.05, 4.69) is 148 Å². The van der Waals surface area contributed by atoms with Crippen molar-refractivity contribution in [1.82, 2.24) is 115 Å². The van der Waals surface area contributed by atoms with Gasteiger partial charge < -0.3 is 145 Å². The molecular formula is C68H117N35O15. The second-order valence-corrected chi connectivity index (χ2v) is 27.8. The van der Waals surface area contributed by atoms with Crippen LogP contribution < -0.4 is 82.7 Å². The molecule has 654 valence electrons. The lowest BCUT2D eigenvalue weighted by Crippen LogP contribution is -2.35. The fourth-order valence-electron chi connectivity index (χ4n) is 8.23. The summed E-state index contributed by atoms with van der Waals surface area (Å²) in [5.41, 5.74) is 39.5. The Morgan fingerprint density at radius 3 is 1.10 bits per heavy atom. The highest BCUT2D eigenvalue weighted by atomic mass is 16.8. The second-order valence-electron chi connectivity index (χ2n) is 27.8. The maximum absolute atomic E-state index is 11.7. The van der Waals surface area contributed by atoms with E-state index in [0.29, 0.717) is 91.7 Å². The lowest BCUT2D eigenvalue weighted by molar-refractivity contribution is -0.144. The lowest BCUT2D eigenvalue weighted by atomic mass is 10.2. The summed E-state index contributed by atoms with van der Waals surface area (Å²) in [6, 6.07) is 0. The third kappa shape index (κ3) is 37.1. The molecule has 10 aromatic rings. The fourth-order valence-corrected chi connectivity index (χ4v) is 8.23. The van der Waals surface area contributed by atoms with Gasteiger partial charge in [-0.2, -0.15) is 39.9 Å². The molecule has 0 bridgehead atoms. The second kappa shape index (κ2) is 47.2. The summed E-state index contributed by atoms with van der Waals surface area (Å²) in [5.74, 6) is 2.67. The molecule has 0 spiro atoms. The summed E-state index contributed by atoms with van der Waals surface area (Å²) in [6.45, 7) is 32.5. The van der Waals surface area contributed by atoms with Gasteiger partial charge in [-0.3, -0.25) is 9.59 Å². The summed E-state index contributed by atoms with van der Waals surface area (Å²) in [4.78, 5) is 150. The first kappa shape index (κ1) is 102. The molecule has 0 atom stereocenters. The maximum atomic E-state index is 11.7. The van der Waals surface area contributed by atoms with Crippen LogP contribution in [0.25, 0.3) is 55.8 Å². The zero-order valence-corrected chi connectivity index (χ0v) is 67.5. The van der Waals surface area contributed by atoms with Crippen molar-refractivity contribution in [3.05, 3.63) is 37.5 Å². The third-order valence-corrected chi connectivity index (χ3v) is 12.3. The molecule has 50 nitrogen and oxygen atoms in total. The number of ether oxygens (including phenoxy) is 8. The Morgan fingerprint density at radius 2 is 0.746 bits per heavy atom. The molecule has 0 saturated heterocycles. The molecule has 0 aromatic carbocycles. The van der Waals surface area contributed by atoms with Crippen molar-refractivity contribution in [3.8, 4) is 0 Å². The number of carbonyl (C=O) groups is 7. The van der Waals surface area contributed by atoms with E-state index in [1.54, 1.807) is 143 Å². The number of amides is 3. The van der Waals surface area contributed by atoms with Crippen LogP contribution in [0.15, 0.2) is 31.6 Å². The van der Waals surface area contributed by atoms with E-state index in [0.717, 1.165) is 0 Å². The third-order valence-electron chi connectivity index (χ3n) is 12.3. The number of nitrogen functional groups attached to an aromatic ring is 4. The number of imidazole rings is 5. The van der Waals surface area contributed by atoms with Gasteiger partial charge in [-0.25, -0.2) is 58.9 Å². The number of esters is 2. The van der Waals surface area contributed by atoms with E-state index in [1.807, 2.05) is 0 Å². The molecule has 3 amide bonds. The lowest BCUT2D eigenvalue weighted by Gasteiger charge is -2.20. The van der Waals surface area contributed by atoms with E-state index in [-0.39, 0.29) is 111 Å². The molecule has 0 aliphatic carbocycles. The van der Waals surface area contributed by atoms with Crippen LogP contribution in [0.5, 0.6) is 0 Å². The molecule has 0 aliphatic rings. The Morgan fingerprint density at radius 1 is 0.424 bits per heavy atom. The molecule has 10 rings (SSSR count). The number of hydrogen-bond acceptors (Lipinski definition) is 42. The molecule has 25 N–H and O–H groups in total. The molecule has 10 heterocycles. The van der Waals surface area contributed by atoms with Crippen LogP contribution in [0.4, 0.5) is 76.9 Å². The van der Waals surface area contributed by atoms with Crippen LogP contribution in [0.1, 0.15) is 146 Å². The zero-order chi connectivity index (χ0) is 86.2. The van der Waals surface area contributed by atoms with Crippen molar-refractivity contribution in [1.29, 1.82) is 0 Å². The van der Waals surface area contributed by atoms with Crippen LogP contribution >= 0.6 is 0 Å². The van der Waals surface area contributed by atoms with E-state index < -0.39 is 64.6 Å². The number of aromatic amines is 3. The largest absolute Gasteiger partial charge is 0.519 e. The van der Waals surface area contributed by atoms with Crippen molar-refractivity contribution < 1.29 is 71.5 Å². The molecule has 0 fully saturated rings. The summed E-state index contributed by atoms with van der Waals surface area (Å²) < 4.78 is 42.1. The summed E-state index contributed by atoms with van der Waals surface area (Å²) >= 11 is 0. The average Bonchev–Trinajstić information content (AvgIpc) is 1.66. The minimum atomic E-state index is -1.06. The predicted octanol–water partition coefficient (Wildman–Crippen LogP) is 6.17. The smallest absolute Gasteiger partial charge is 0.465 e. The Kier molecular flexibility index (Phi) is 41.0. The van der Waals surface area contributed by atoms with E-state index in [4.69, 9.17) is 61.8 Å². The van der Waals surface area contributed by atoms with Crippen LogP contribution in [0.2, 0.25) is 0 Å². The summed E-state index contributed by atoms with van der Waals surface area (Å²) in [7, 11) is 1.70. The number of nitrogens with one attached hydrogen (secondary N) is 11. The molecule has 10 aromatic heterocycles. The van der Waals surface area contributed by atoms with Gasteiger partial charge >= 0.3 is 42.5 Å². The Balaban J connectivity index is 0.000000716. The van der Waals surface area contributed by atoms with Crippen LogP contribution in [0, 0.1) is 6.92 Å². The first-order chi connectivity index (χ1) is 53.8. The van der Waals surface area contributed by atoms with Gasteiger partial charge in [-0.1, -0.05) is 22.3 Å². The van der Waals surface area contributed by atoms with E-state index >= 15 is 0 Å². The number of H-pyrrole nitrogens is 3. The number of carbonyl (C=O) groups excluding carboxylic acids is 7. The van der Waals surface area contributed by atoms with Gasteiger partial charge in [0.15, 0.2) is 62.8 Å². The van der Waals surface area contributed by atoms with Crippen molar-refractivity contribution in [3.63, 3.8) is 0 Å². The number of aryl methyl sites for hydroxylation is 1. The first-order valence-electron chi connectivity index (χ1n) is 34.9. The maximum Gasteiger partial charge on any atom is 0.519 e. The van der Waals surface area contributed by atoms with Gasteiger partial charge in [-0.15, -0.1) is 0 Å². The molecular weight excluding hydrogens is 1550 g/mol. The molecule has 0 radical (unpaired) electrons. The topological polar surface area (TPSA) is 722 Å². The Bertz CT molecular complexity index is 4790. The Hall–Kier alpha value is -13.7. The van der Waals surface area contributed by atoms with Gasteiger partial charge in [0.1, 0.15) is 69.0 Å². The Labute approximate surface area is 680 Å². The zero-order valence-electron chi connectivity index (χ0n) is 67.5. The van der Waals surface area contributed by atoms with Gasteiger partial charge in [0.2, 0.25) is 23.8 Å². The SMILES string of the molecule is C.C.C.CC(C)(C)OC(=O)NCNc1nc(N)c2[nH]cnc2n1.CC(C)(C)OC(=O)OC(=O)OC(C)(C)C.CCOC(=O)Cn1cnc2c(N)nc(NCNC(=O)OC(C)(C)C)nc21.CCOC(=O)Cn1cnc2c(NC)nc(NCNC(=O)OC(C)(C)C)nc21.Cc1nc(N)c2[nH]cnc2n1.NCN.NCNc1nc(N)c2[nH]cnc2n1. The van der Waals surface area contributed by atoms with Crippen LogP contribution in [0.3, 0.4) is 0 Å². The highest BCUT2D eigenvalue weighted by Gasteiger charge is 2.26. The number of hydrogen-bond donors (Lipinski definition) is 18. The number of nitrogens with two attached hydrogens (primary N) is 7. The van der Waals surface area contributed by atoms with Gasteiger partial charge in [0.05, 0.1) is 71.5 Å². The van der Waals surface area contributed by atoms with Crippen molar-refractivity contribution in [2.45, 2.75) is 188 Å².